The summed E-state index contributed by atoms with van der Waals surface area (Å²) in [5, 5.41) is 0. The van der Waals surface area contributed by atoms with Crippen LogP contribution in [-0.4, -0.2) is 12.2 Å². The predicted molar refractivity (Wildman–Crippen MR) is 32.9 cm³/mol. The van der Waals surface area contributed by atoms with Crippen LogP contribution >= 0.6 is 0 Å². The molecule has 0 saturated carbocycles. The summed E-state index contributed by atoms with van der Waals surface area (Å²) in [7, 11) is 0. The highest BCUT2D eigenvalue weighted by molar-refractivity contribution is 5.98. The van der Waals surface area contributed by atoms with Crippen molar-refractivity contribution in [2.24, 2.45) is 0 Å². The van der Waals surface area contributed by atoms with Crippen LogP contribution < -0.4 is 0 Å². The number of halogens is 2. The van der Waals surface area contributed by atoms with Gasteiger partial charge >= 0.3 is 0 Å². The summed E-state index contributed by atoms with van der Waals surface area (Å²) >= 11 is 0. The summed E-state index contributed by atoms with van der Waals surface area (Å²) in [6.45, 7) is 0. The number of rotatable bonds is 1. The number of alkyl halides is 2. The summed E-state index contributed by atoms with van der Waals surface area (Å²) in [5.74, 6) is -0.475. The lowest BCUT2D eigenvalue weighted by molar-refractivity contribution is -0.116. The topological polar surface area (TPSA) is 17.1 Å². The van der Waals surface area contributed by atoms with Crippen LogP contribution in [0.3, 0.4) is 0 Å². The van der Waals surface area contributed by atoms with Crippen LogP contribution in [0.2, 0.25) is 0 Å². The molecule has 0 bridgehead atoms. The third kappa shape index (κ3) is 1.29. The number of ketones is 1. The van der Waals surface area contributed by atoms with Crippen LogP contribution in [0.15, 0.2) is 23.8 Å². The molecule has 0 aliphatic heterocycles. The number of Topliss-reactive ketones (excluding diaryl/α,β-unsaturated/α-hetero) is 1. The second kappa shape index (κ2) is 2.73. The minimum absolute atomic E-state index is 0.107. The number of hydrogen-bond donors (Lipinski definition) is 0. The number of carbonyl (C=O) groups excluding carboxylic acids is 1. The molecule has 0 amide bonds. The van der Waals surface area contributed by atoms with E-state index >= 15 is 0 Å². The smallest absolute Gasteiger partial charge is 0.267 e. The SMILES string of the molecule is O=C1CC=CC=C1C(F)F. The van der Waals surface area contributed by atoms with Gasteiger partial charge in [-0.2, -0.15) is 0 Å². The third-order valence-electron chi connectivity index (χ3n) is 1.27. The molecular weight excluding hydrogens is 138 g/mol. The molecule has 54 valence electrons. The van der Waals surface area contributed by atoms with Crippen molar-refractivity contribution in [3.05, 3.63) is 23.8 Å². The number of hydrogen-bond acceptors (Lipinski definition) is 1. The van der Waals surface area contributed by atoms with Crippen molar-refractivity contribution >= 4 is 5.78 Å². The Morgan fingerprint density at radius 1 is 1.50 bits per heavy atom. The van der Waals surface area contributed by atoms with Gasteiger partial charge in [-0.3, -0.25) is 4.79 Å². The molecule has 0 heterocycles. The van der Waals surface area contributed by atoms with Crippen molar-refractivity contribution in [2.75, 3.05) is 0 Å². The Morgan fingerprint density at radius 3 is 2.60 bits per heavy atom. The van der Waals surface area contributed by atoms with Crippen LogP contribution in [0, 0.1) is 0 Å². The van der Waals surface area contributed by atoms with Crippen molar-refractivity contribution < 1.29 is 13.6 Å². The van der Waals surface area contributed by atoms with Crippen molar-refractivity contribution in [2.45, 2.75) is 12.8 Å². The molecule has 1 aliphatic rings. The van der Waals surface area contributed by atoms with Gasteiger partial charge in [-0.1, -0.05) is 18.2 Å². The van der Waals surface area contributed by atoms with Gasteiger partial charge in [-0.25, -0.2) is 8.78 Å². The quantitative estimate of drug-likeness (QED) is 0.547. The van der Waals surface area contributed by atoms with Gasteiger partial charge in [0, 0.05) is 6.42 Å². The van der Waals surface area contributed by atoms with E-state index in [-0.39, 0.29) is 12.0 Å². The van der Waals surface area contributed by atoms with E-state index in [0.29, 0.717) is 0 Å². The van der Waals surface area contributed by atoms with Gasteiger partial charge in [0.15, 0.2) is 5.78 Å². The minimum Gasteiger partial charge on any atom is -0.294 e. The van der Waals surface area contributed by atoms with Crippen LogP contribution in [0.25, 0.3) is 0 Å². The summed E-state index contributed by atoms with van der Waals surface area (Å²) in [6.07, 6.45) is 1.68. The highest BCUT2D eigenvalue weighted by atomic mass is 19.3. The van der Waals surface area contributed by atoms with E-state index in [1.54, 1.807) is 6.08 Å². The van der Waals surface area contributed by atoms with E-state index in [0.717, 1.165) is 6.08 Å². The normalized spacial score (nSPS) is 17.9. The van der Waals surface area contributed by atoms with Gasteiger partial charge in [0.25, 0.3) is 6.43 Å². The van der Waals surface area contributed by atoms with Crippen molar-refractivity contribution in [1.29, 1.82) is 0 Å². The number of carbonyl (C=O) groups is 1. The highest BCUT2D eigenvalue weighted by Crippen LogP contribution is 2.15. The summed E-state index contributed by atoms with van der Waals surface area (Å²) < 4.78 is 23.7. The molecule has 0 saturated heterocycles. The Bertz CT molecular complexity index is 204. The zero-order valence-electron chi connectivity index (χ0n) is 5.18. The van der Waals surface area contributed by atoms with Crippen LogP contribution in [0.4, 0.5) is 8.78 Å². The molecule has 0 unspecified atom stereocenters. The second-order valence-electron chi connectivity index (χ2n) is 1.98. The van der Waals surface area contributed by atoms with E-state index in [1.807, 2.05) is 0 Å². The van der Waals surface area contributed by atoms with Gasteiger partial charge in [0.2, 0.25) is 0 Å². The fourth-order valence-corrected chi connectivity index (χ4v) is 0.752. The highest BCUT2D eigenvalue weighted by Gasteiger charge is 2.18. The van der Waals surface area contributed by atoms with E-state index < -0.39 is 12.2 Å². The monoisotopic (exact) mass is 144 g/mol. The fraction of sp³-hybridized carbons (Fsp3) is 0.286. The Morgan fingerprint density at radius 2 is 2.20 bits per heavy atom. The van der Waals surface area contributed by atoms with Gasteiger partial charge in [0.1, 0.15) is 0 Å². The molecule has 0 N–H and O–H groups in total. The average molecular weight is 144 g/mol. The van der Waals surface area contributed by atoms with E-state index in [9.17, 15) is 13.6 Å². The van der Waals surface area contributed by atoms with Gasteiger partial charge in [0.05, 0.1) is 5.57 Å². The first-order valence-corrected chi connectivity index (χ1v) is 2.90. The molecule has 0 aromatic carbocycles. The molecule has 1 aliphatic carbocycles. The van der Waals surface area contributed by atoms with Crippen molar-refractivity contribution in [3.63, 3.8) is 0 Å². The lowest BCUT2D eigenvalue weighted by Gasteiger charge is -2.04. The molecule has 3 heteroatoms. The Kier molecular flexibility index (Phi) is 1.94. The van der Waals surface area contributed by atoms with Gasteiger partial charge in [-0.15, -0.1) is 0 Å². The molecule has 0 aromatic rings. The first-order valence-electron chi connectivity index (χ1n) is 2.90. The van der Waals surface area contributed by atoms with Crippen LogP contribution in [-0.2, 0) is 4.79 Å². The molecule has 1 rings (SSSR count). The maximum Gasteiger partial charge on any atom is 0.267 e. The van der Waals surface area contributed by atoms with Crippen molar-refractivity contribution in [3.8, 4) is 0 Å². The molecule has 1 nitrogen and oxygen atoms in total. The fourth-order valence-electron chi connectivity index (χ4n) is 0.752. The van der Waals surface area contributed by atoms with E-state index in [1.165, 1.54) is 6.08 Å². The molecule has 0 radical (unpaired) electrons. The Labute approximate surface area is 57.0 Å². The largest absolute Gasteiger partial charge is 0.294 e. The first kappa shape index (κ1) is 7.12. The molecule has 10 heavy (non-hydrogen) atoms. The lowest BCUT2D eigenvalue weighted by atomic mass is 10.0. The zero-order chi connectivity index (χ0) is 7.56. The summed E-state index contributed by atoms with van der Waals surface area (Å²) in [5.41, 5.74) is -0.373. The molecule has 0 aromatic heterocycles. The molecule has 0 atom stereocenters. The summed E-state index contributed by atoms with van der Waals surface area (Å²) in [6, 6.07) is 0. The van der Waals surface area contributed by atoms with Gasteiger partial charge < -0.3 is 0 Å². The van der Waals surface area contributed by atoms with Crippen LogP contribution in [0.5, 0.6) is 0 Å². The zero-order valence-corrected chi connectivity index (χ0v) is 5.18. The second-order valence-corrected chi connectivity index (χ2v) is 1.98. The maximum atomic E-state index is 11.8. The molecule has 0 fully saturated rings. The predicted octanol–water partition coefficient (Wildman–Crippen LogP) is 1.71. The minimum atomic E-state index is -2.63. The maximum absolute atomic E-state index is 11.8. The summed E-state index contributed by atoms with van der Waals surface area (Å²) in [4.78, 5) is 10.6. The Balaban J connectivity index is 2.80. The third-order valence-corrected chi connectivity index (χ3v) is 1.27. The van der Waals surface area contributed by atoms with Crippen molar-refractivity contribution in [1.82, 2.24) is 0 Å². The van der Waals surface area contributed by atoms with E-state index in [2.05, 4.69) is 0 Å². The van der Waals surface area contributed by atoms with E-state index in [4.69, 9.17) is 0 Å². The van der Waals surface area contributed by atoms with Gasteiger partial charge in [-0.05, 0) is 0 Å². The average Bonchev–Trinajstić information content (AvgIpc) is 1.88. The Hall–Kier alpha value is -0.990. The number of allylic oxidation sites excluding steroid dienone is 4. The lowest BCUT2D eigenvalue weighted by Crippen LogP contribution is -2.10. The standard InChI is InChI=1S/C7H6F2O/c8-7(9)5-3-1-2-4-6(5)10/h1-3,7H,4H2. The molecule has 0 spiro atoms. The first-order chi connectivity index (χ1) is 4.72. The van der Waals surface area contributed by atoms with Crippen LogP contribution in [0.1, 0.15) is 6.42 Å². The molecular formula is C7H6F2O.